The van der Waals surface area contributed by atoms with Gasteiger partial charge in [0.25, 0.3) is 0 Å². The van der Waals surface area contributed by atoms with Crippen molar-refractivity contribution in [2.75, 3.05) is 0 Å². The van der Waals surface area contributed by atoms with Gasteiger partial charge in [0.15, 0.2) is 0 Å². The van der Waals surface area contributed by atoms with E-state index < -0.39 is 23.9 Å². The second-order valence-electron chi connectivity index (χ2n) is 1.29. The lowest BCUT2D eigenvalue weighted by molar-refractivity contribution is -0.176. The van der Waals surface area contributed by atoms with Crippen LogP contribution in [0.5, 0.6) is 0 Å². The first-order valence-electron chi connectivity index (χ1n) is 2.17. The van der Waals surface area contributed by atoms with Crippen molar-refractivity contribution in [2.24, 2.45) is 0 Å². The quantitative estimate of drug-likeness (QED) is 0.245. The van der Waals surface area contributed by atoms with Crippen LogP contribution in [0.2, 0.25) is 0 Å². The summed E-state index contributed by atoms with van der Waals surface area (Å²) in [5.41, 5.74) is 0. The van der Waals surface area contributed by atoms with Gasteiger partial charge in [0.1, 0.15) is 0 Å². The number of hydrogen-bond donors (Lipinski definition) is 2. The molecule has 0 aromatic carbocycles. The first-order valence-corrected chi connectivity index (χ1v) is 2.17. The number of carboxylic acids is 2. The maximum Gasteiger partial charge on any atom is 0.425 e. The monoisotopic (exact) mass is 162 g/mol. The third-order valence-corrected chi connectivity index (χ3v) is 0.535. The summed E-state index contributed by atoms with van der Waals surface area (Å²) in [6.45, 7) is 0. The number of carboxylic acid groups (broad SMARTS) is 2. The Kier molecular flexibility index (Phi) is 2.72. The minimum Gasteiger partial charge on any atom is -0.473 e. The summed E-state index contributed by atoms with van der Waals surface area (Å²) in [6, 6.07) is 0. The van der Waals surface area contributed by atoms with Crippen LogP contribution >= 0.6 is 0 Å². The Hall–Kier alpha value is -1.92. The maximum absolute atomic E-state index is 9.95. The molecule has 0 saturated heterocycles. The van der Waals surface area contributed by atoms with Crippen LogP contribution < -0.4 is 0 Å². The van der Waals surface area contributed by atoms with Gasteiger partial charge in [-0.15, -0.1) is 0 Å². The van der Waals surface area contributed by atoms with E-state index in [1.165, 1.54) is 0 Å². The van der Waals surface area contributed by atoms with E-state index in [2.05, 4.69) is 4.74 Å². The van der Waals surface area contributed by atoms with Crippen molar-refractivity contribution in [1.29, 1.82) is 0 Å². The smallest absolute Gasteiger partial charge is 0.425 e. The topological polar surface area (TPSA) is 118 Å². The molecule has 7 nitrogen and oxygen atoms in total. The van der Waals surface area contributed by atoms with Gasteiger partial charge >= 0.3 is 23.9 Å². The SMILES string of the molecule is O=C(O)C(=O)OC(=O)C(=O)O. The highest BCUT2D eigenvalue weighted by atomic mass is 16.6. The Morgan fingerprint density at radius 1 is 0.818 bits per heavy atom. The summed E-state index contributed by atoms with van der Waals surface area (Å²) in [5.74, 6) is -7.89. The highest BCUT2D eigenvalue weighted by Crippen LogP contribution is 1.80. The van der Waals surface area contributed by atoms with Crippen molar-refractivity contribution in [2.45, 2.75) is 0 Å². The van der Waals surface area contributed by atoms with Crippen molar-refractivity contribution in [3.05, 3.63) is 0 Å². The third kappa shape index (κ3) is 2.94. The van der Waals surface area contributed by atoms with E-state index in [4.69, 9.17) is 10.2 Å². The van der Waals surface area contributed by atoms with Gasteiger partial charge in [-0.05, 0) is 0 Å². The molecule has 0 aliphatic heterocycles. The van der Waals surface area contributed by atoms with E-state index >= 15 is 0 Å². The summed E-state index contributed by atoms with van der Waals surface area (Å²) in [7, 11) is 0. The lowest BCUT2D eigenvalue weighted by Gasteiger charge is -1.92. The molecule has 0 aliphatic carbocycles. The van der Waals surface area contributed by atoms with Crippen LogP contribution in [0.3, 0.4) is 0 Å². The number of rotatable bonds is 0. The molecular weight excluding hydrogens is 160 g/mol. The average Bonchev–Trinajstić information content (AvgIpc) is 1.87. The van der Waals surface area contributed by atoms with Crippen LogP contribution in [0.1, 0.15) is 0 Å². The van der Waals surface area contributed by atoms with Crippen LogP contribution in [-0.2, 0) is 23.9 Å². The Labute approximate surface area is 59.2 Å². The molecule has 0 atom stereocenters. The molecule has 0 aromatic heterocycles. The van der Waals surface area contributed by atoms with Gasteiger partial charge in [0.2, 0.25) is 0 Å². The van der Waals surface area contributed by atoms with Gasteiger partial charge < -0.3 is 14.9 Å². The van der Waals surface area contributed by atoms with Crippen molar-refractivity contribution in [3.63, 3.8) is 0 Å². The fraction of sp³-hybridized carbons (Fsp3) is 0. The van der Waals surface area contributed by atoms with Gasteiger partial charge in [0.05, 0.1) is 0 Å². The Balaban J connectivity index is 4.07. The molecule has 0 amide bonds. The van der Waals surface area contributed by atoms with Crippen molar-refractivity contribution in [1.82, 2.24) is 0 Å². The van der Waals surface area contributed by atoms with Crippen LogP contribution in [-0.4, -0.2) is 34.1 Å². The predicted molar refractivity (Wildman–Crippen MR) is 26.4 cm³/mol. The summed E-state index contributed by atoms with van der Waals surface area (Å²) < 4.78 is 3.30. The number of esters is 2. The zero-order valence-electron chi connectivity index (χ0n) is 4.94. The maximum atomic E-state index is 9.95. The second kappa shape index (κ2) is 3.30. The van der Waals surface area contributed by atoms with Crippen LogP contribution in [0.4, 0.5) is 0 Å². The first kappa shape index (κ1) is 9.08. The van der Waals surface area contributed by atoms with Crippen molar-refractivity contribution >= 4 is 23.9 Å². The van der Waals surface area contributed by atoms with Gasteiger partial charge in [-0.2, -0.15) is 0 Å². The number of ether oxygens (including phenoxy) is 1. The predicted octanol–water partition coefficient (Wildman–Crippen LogP) is -1.77. The molecule has 11 heavy (non-hydrogen) atoms. The molecule has 0 aromatic rings. The number of hydrogen-bond acceptors (Lipinski definition) is 5. The molecule has 0 aliphatic rings. The normalized spacial score (nSPS) is 8.36. The molecule has 0 unspecified atom stereocenters. The molecule has 2 N–H and O–H groups in total. The summed E-state index contributed by atoms with van der Waals surface area (Å²) in [6.07, 6.45) is 0. The molecule has 7 heteroatoms. The fourth-order valence-corrected chi connectivity index (χ4v) is 0.172. The van der Waals surface area contributed by atoms with E-state index in [1.54, 1.807) is 0 Å². The standard InChI is InChI=1S/C4H2O7/c5-1(6)3(9)11-4(10)2(7)8/h(H,5,6)(H,7,8). The minimum atomic E-state index is -2.03. The Morgan fingerprint density at radius 2 is 1.09 bits per heavy atom. The third-order valence-electron chi connectivity index (χ3n) is 0.535. The van der Waals surface area contributed by atoms with Gasteiger partial charge in [-0.25, -0.2) is 19.2 Å². The van der Waals surface area contributed by atoms with Gasteiger partial charge in [-0.3, -0.25) is 0 Å². The number of carbonyl (C=O) groups is 4. The zero-order valence-corrected chi connectivity index (χ0v) is 4.94. The van der Waals surface area contributed by atoms with E-state index in [0.29, 0.717) is 0 Å². The molecule has 0 heterocycles. The highest BCUT2D eigenvalue weighted by Gasteiger charge is 2.22. The molecule has 0 spiro atoms. The Bertz CT molecular complexity index is 203. The lowest BCUT2D eigenvalue weighted by Crippen LogP contribution is -2.25. The van der Waals surface area contributed by atoms with Gasteiger partial charge in [-0.1, -0.05) is 0 Å². The van der Waals surface area contributed by atoms with E-state index in [1.807, 2.05) is 0 Å². The highest BCUT2D eigenvalue weighted by molar-refractivity contribution is 6.37. The molecule has 60 valence electrons. The van der Waals surface area contributed by atoms with E-state index in [9.17, 15) is 19.2 Å². The number of aliphatic carboxylic acids is 2. The molecular formula is C4H2O7. The summed E-state index contributed by atoms with van der Waals surface area (Å²) >= 11 is 0. The second-order valence-corrected chi connectivity index (χ2v) is 1.29. The van der Waals surface area contributed by atoms with Crippen LogP contribution in [0.25, 0.3) is 0 Å². The van der Waals surface area contributed by atoms with E-state index in [-0.39, 0.29) is 0 Å². The summed E-state index contributed by atoms with van der Waals surface area (Å²) in [4.78, 5) is 39.2. The minimum absolute atomic E-state index is 1.92. The zero-order chi connectivity index (χ0) is 9.02. The summed E-state index contributed by atoms with van der Waals surface area (Å²) in [5, 5.41) is 15.6. The van der Waals surface area contributed by atoms with Crippen LogP contribution in [0.15, 0.2) is 0 Å². The average molecular weight is 162 g/mol. The molecule has 0 fully saturated rings. The molecule has 0 radical (unpaired) electrons. The lowest BCUT2D eigenvalue weighted by atomic mass is 10.6. The Morgan fingerprint density at radius 3 is 1.27 bits per heavy atom. The van der Waals surface area contributed by atoms with Crippen molar-refractivity contribution in [3.8, 4) is 0 Å². The molecule has 0 bridgehead atoms. The van der Waals surface area contributed by atoms with Gasteiger partial charge in [0, 0.05) is 0 Å². The fourth-order valence-electron chi connectivity index (χ4n) is 0.172. The molecule has 0 saturated carbocycles. The largest absolute Gasteiger partial charge is 0.473 e. The van der Waals surface area contributed by atoms with E-state index in [0.717, 1.165) is 0 Å². The van der Waals surface area contributed by atoms with Crippen LogP contribution in [0, 0.1) is 0 Å². The first-order chi connectivity index (χ1) is 4.95. The number of carbonyl (C=O) groups excluding carboxylic acids is 2. The van der Waals surface area contributed by atoms with Crippen molar-refractivity contribution < 1.29 is 34.1 Å². The molecule has 0 rings (SSSR count).